The Morgan fingerprint density at radius 3 is 2.33 bits per heavy atom. The van der Waals surface area contributed by atoms with Crippen molar-refractivity contribution in [2.24, 2.45) is 5.92 Å². The molecular formula is C18H20O6. The first-order valence-electron chi connectivity index (χ1n) is 7.61. The van der Waals surface area contributed by atoms with Crippen LogP contribution in [0.15, 0.2) is 42.5 Å². The first-order chi connectivity index (χ1) is 11.3. The van der Waals surface area contributed by atoms with Crippen molar-refractivity contribution in [3.63, 3.8) is 0 Å². The molecule has 0 N–H and O–H groups in total. The third-order valence-corrected chi connectivity index (χ3v) is 3.47. The molecule has 24 heavy (non-hydrogen) atoms. The molecule has 0 aliphatic carbocycles. The Balaban J connectivity index is 2.27. The highest BCUT2D eigenvalue weighted by Gasteiger charge is 2.46. The van der Waals surface area contributed by atoms with Crippen molar-refractivity contribution in [2.75, 3.05) is 6.61 Å². The van der Waals surface area contributed by atoms with E-state index in [1.54, 1.807) is 24.3 Å². The summed E-state index contributed by atoms with van der Waals surface area (Å²) >= 11 is 0. The number of ether oxygens (including phenoxy) is 3. The van der Waals surface area contributed by atoms with Crippen molar-refractivity contribution in [3.05, 3.63) is 48.0 Å². The molecule has 0 radical (unpaired) electrons. The average Bonchev–Trinajstić information content (AvgIpc) is 2.48. The number of hydrogen-bond donors (Lipinski definition) is 0. The Bertz CT molecular complexity index is 627. The number of esters is 3. The second kappa shape index (κ2) is 7.29. The Morgan fingerprint density at radius 1 is 1.21 bits per heavy atom. The highest BCUT2D eigenvalue weighted by atomic mass is 16.7. The number of carbonyl (C=O) groups excluding carboxylic acids is 3. The fourth-order valence-electron chi connectivity index (χ4n) is 2.48. The van der Waals surface area contributed by atoms with E-state index in [0.29, 0.717) is 0 Å². The summed E-state index contributed by atoms with van der Waals surface area (Å²) in [4.78, 5) is 35.5. The minimum Gasteiger partial charge on any atom is -0.462 e. The van der Waals surface area contributed by atoms with Crippen LogP contribution in [0.5, 0.6) is 0 Å². The zero-order valence-electron chi connectivity index (χ0n) is 13.9. The summed E-state index contributed by atoms with van der Waals surface area (Å²) in [5.41, 5.74) is 0.759. The summed E-state index contributed by atoms with van der Waals surface area (Å²) in [7, 11) is 0. The summed E-state index contributed by atoms with van der Waals surface area (Å²) in [6.07, 6.45) is 3.25. The quantitative estimate of drug-likeness (QED) is 0.468. The van der Waals surface area contributed by atoms with Crippen LogP contribution in [0.4, 0.5) is 0 Å². The van der Waals surface area contributed by atoms with Gasteiger partial charge in [-0.3, -0.25) is 14.4 Å². The number of rotatable bonds is 5. The van der Waals surface area contributed by atoms with E-state index in [4.69, 9.17) is 14.2 Å². The van der Waals surface area contributed by atoms with Gasteiger partial charge in [0.1, 0.15) is 6.61 Å². The highest BCUT2D eigenvalue weighted by molar-refractivity contribution is 5.98. The van der Waals surface area contributed by atoms with E-state index >= 15 is 0 Å². The molecule has 0 amide bonds. The minimum atomic E-state index is -1.27. The van der Waals surface area contributed by atoms with Crippen LogP contribution >= 0.6 is 0 Å². The maximum Gasteiger partial charge on any atom is 0.324 e. The van der Waals surface area contributed by atoms with Gasteiger partial charge in [-0.2, -0.15) is 0 Å². The summed E-state index contributed by atoms with van der Waals surface area (Å²) in [6.45, 7) is 4.38. The van der Waals surface area contributed by atoms with Crippen molar-refractivity contribution < 1.29 is 28.6 Å². The first-order valence-corrected chi connectivity index (χ1v) is 7.61. The molecule has 1 atom stereocenters. The van der Waals surface area contributed by atoms with Crippen LogP contribution in [0.25, 0.3) is 0 Å². The summed E-state index contributed by atoms with van der Waals surface area (Å²) < 4.78 is 15.2. The van der Waals surface area contributed by atoms with Gasteiger partial charge in [0, 0.05) is 26.7 Å². The molecular weight excluding hydrogens is 312 g/mol. The molecule has 1 aromatic rings. The largest absolute Gasteiger partial charge is 0.462 e. The number of hydrogen-bond acceptors (Lipinski definition) is 6. The maximum atomic E-state index is 12.3. The van der Waals surface area contributed by atoms with Crippen LogP contribution in [0.2, 0.25) is 0 Å². The number of cyclic esters (lactones) is 2. The zero-order chi connectivity index (χ0) is 17.7. The van der Waals surface area contributed by atoms with Crippen molar-refractivity contribution in [1.29, 1.82) is 0 Å². The second-order valence-corrected chi connectivity index (χ2v) is 5.89. The van der Waals surface area contributed by atoms with Crippen LogP contribution in [0.1, 0.15) is 32.3 Å². The Morgan fingerprint density at radius 2 is 1.79 bits per heavy atom. The van der Waals surface area contributed by atoms with Crippen LogP contribution in [-0.4, -0.2) is 30.3 Å². The Hall–Kier alpha value is -2.63. The lowest BCUT2D eigenvalue weighted by atomic mass is 9.85. The Kier molecular flexibility index (Phi) is 5.39. The lowest BCUT2D eigenvalue weighted by molar-refractivity contribution is -0.240. The summed E-state index contributed by atoms with van der Waals surface area (Å²) in [6, 6.07) is 9.07. The van der Waals surface area contributed by atoms with Gasteiger partial charge in [0.25, 0.3) is 5.79 Å². The highest BCUT2D eigenvalue weighted by Crippen LogP contribution is 2.34. The Labute approximate surface area is 140 Å². The van der Waals surface area contributed by atoms with Crippen LogP contribution in [-0.2, 0) is 28.6 Å². The van der Waals surface area contributed by atoms with E-state index in [-0.39, 0.29) is 6.61 Å². The maximum absolute atomic E-state index is 12.3. The van der Waals surface area contributed by atoms with Crippen molar-refractivity contribution in [3.8, 4) is 0 Å². The third kappa shape index (κ3) is 4.44. The van der Waals surface area contributed by atoms with Crippen molar-refractivity contribution in [2.45, 2.75) is 32.5 Å². The van der Waals surface area contributed by atoms with Gasteiger partial charge in [-0.1, -0.05) is 42.5 Å². The molecule has 6 nitrogen and oxygen atoms in total. The number of carbonyl (C=O) groups is 3. The van der Waals surface area contributed by atoms with Gasteiger partial charge in [0.15, 0.2) is 5.92 Å². The van der Waals surface area contributed by atoms with E-state index in [9.17, 15) is 14.4 Å². The zero-order valence-corrected chi connectivity index (χ0v) is 13.9. The molecule has 2 rings (SSSR count). The molecule has 0 spiro atoms. The standard InChI is InChI=1S/C18H20O6/c1-12(19)22-11-7-10-14(13-8-5-4-6-9-13)15-16(20)23-18(2,3)24-17(15)21/h4-10,14-15H,11H2,1-3H3/b10-7-/t14-/m0/s1. The van der Waals surface area contributed by atoms with Gasteiger partial charge < -0.3 is 14.2 Å². The lowest BCUT2D eigenvalue weighted by Crippen LogP contribution is -2.48. The van der Waals surface area contributed by atoms with Crippen molar-refractivity contribution in [1.82, 2.24) is 0 Å². The molecule has 0 aromatic heterocycles. The summed E-state index contributed by atoms with van der Waals surface area (Å²) in [5.74, 6) is -4.63. The third-order valence-electron chi connectivity index (χ3n) is 3.47. The van der Waals surface area contributed by atoms with Crippen LogP contribution in [0, 0.1) is 5.92 Å². The van der Waals surface area contributed by atoms with Gasteiger partial charge in [0.05, 0.1) is 0 Å². The van der Waals surface area contributed by atoms with Crippen LogP contribution in [0.3, 0.4) is 0 Å². The predicted molar refractivity (Wildman–Crippen MR) is 84.7 cm³/mol. The molecule has 1 aliphatic rings. The van der Waals surface area contributed by atoms with E-state index in [2.05, 4.69) is 0 Å². The molecule has 6 heteroatoms. The van der Waals surface area contributed by atoms with Crippen LogP contribution < -0.4 is 0 Å². The molecule has 1 aromatic carbocycles. The van der Waals surface area contributed by atoms with Gasteiger partial charge >= 0.3 is 17.9 Å². The monoisotopic (exact) mass is 332 g/mol. The normalized spacial score (nSPS) is 18.8. The number of allylic oxidation sites excluding steroid dienone is 1. The van der Waals surface area contributed by atoms with E-state index < -0.39 is 35.5 Å². The van der Waals surface area contributed by atoms with E-state index in [1.807, 2.05) is 18.2 Å². The molecule has 0 bridgehead atoms. The van der Waals surface area contributed by atoms with Crippen molar-refractivity contribution >= 4 is 17.9 Å². The second-order valence-electron chi connectivity index (χ2n) is 5.89. The fraction of sp³-hybridized carbons (Fsp3) is 0.389. The predicted octanol–water partition coefficient (Wildman–Crippen LogP) is 2.34. The molecule has 1 fully saturated rings. The molecule has 0 saturated carbocycles. The molecule has 1 saturated heterocycles. The summed E-state index contributed by atoms with van der Waals surface area (Å²) in [5, 5.41) is 0. The van der Waals surface area contributed by atoms with Gasteiger partial charge in [0.2, 0.25) is 0 Å². The minimum absolute atomic E-state index is 0.0565. The average molecular weight is 332 g/mol. The fourth-order valence-corrected chi connectivity index (χ4v) is 2.48. The topological polar surface area (TPSA) is 78.9 Å². The molecule has 128 valence electrons. The molecule has 1 aliphatic heterocycles. The van der Waals surface area contributed by atoms with Gasteiger partial charge in [-0.05, 0) is 5.56 Å². The SMILES string of the molecule is CC(=O)OC/C=C\[C@@H](c1ccccc1)C1C(=O)OC(C)(C)OC1=O. The molecule has 0 unspecified atom stereocenters. The van der Waals surface area contributed by atoms with E-state index in [0.717, 1.165) is 5.56 Å². The lowest BCUT2D eigenvalue weighted by Gasteiger charge is -2.35. The first kappa shape index (κ1) is 17.7. The van der Waals surface area contributed by atoms with Gasteiger partial charge in [-0.25, -0.2) is 0 Å². The molecule has 1 heterocycles. The van der Waals surface area contributed by atoms with E-state index in [1.165, 1.54) is 20.8 Å². The number of benzene rings is 1. The van der Waals surface area contributed by atoms with Gasteiger partial charge in [-0.15, -0.1) is 0 Å². The smallest absolute Gasteiger partial charge is 0.324 e.